The van der Waals surface area contributed by atoms with Gasteiger partial charge in [-0.25, -0.2) is 4.98 Å². The van der Waals surface area contributed by atoms with Crippen molar-refractivity contribution in [1.29, 1.82) is 0 Å². The molecule has 0 saturated carbocycles. The van der Waals surface area contributed by atoms with Gasteiger partial charge in [0.1, 0.15) is 10.6 Å². The normalized spacial score (nSPS) is 10.1. The first-order valence-electron chi connectivity index (χ1n) is 5.27. The van der Waals surface area contributed by atoms with Crippen molar-refractivity contribution in [3.05, 3.63) is 34.3 Å². The summed E-state index contributed by atoms with van der Waals surface area (Å²) in [7, 11) is 1.56. The molecule has 0 bridgehead atoms. The maximum Gasteiger partial charge on any atom is 0.267 e. The SMILES string of the molecule is COc1ccc(NC(=O)c2cnc(C)s2)c(N)c1. The molecule has 0 saturated heterocycles. The van der Waals surface area contributed by atoms with Gasteiger partial charge >= 0.3 is 0 Å². The van der Waals surface area contributed by atoms with E-state index in [0.717, 1.165) is 5.01 Å². The average Bonchev–Trinajstić information content (AvgIpc) is 2.78. The van der Waals surface area contributed by atoms with Crippen molar-refractivity contribution < 1.29 is 9.53 Å². The van der Waals surface area contributed by atoms with Crippen LogP contribution in [0.4, 0.5) is 11.4 Å². The van der Waals surface area contributed by atoms with Gasteiger partial charge < -0.3 is 15.8 Å². The number of benzene rings is 1. The van der Waals surface area contributed by atoms with E-state index in [1.54, 1.807) is 31.5 Å². The fraction of sp³-hybridized carbons (Fsp3) is 0.167. The minimum atomic E-state index is -0.211. The number of aryl methyl sites for hydroxylation is 1. The van der Waals surface area contributed by atoms with Gasteiger partial charge in [0.05, 0.1) is 29.7 Å². The molecule has 5 nitrogen and oxygen atoms in total. The molecule has 1 aromatic carbocycles. The molecule has 0 aliphatic rings. The van der Waals surface area contributed by atoms with E-state index in [-0.39, 0.29) is 5.91 Å². The lowest BCUT2D eigenvalue weighted by atomic mass is 10.2. The summed E-state index contributed by atoms with van der Waals surface area (Å²) in [6.45, 7) is 1.85. The van der Waals surface area contributed by atoms with E-state index in [1.165, 1.54) is 11.3 Å². The van der Waals surface area contributed by atoms with E-state index < -0.39 is 0 Å². The summed E-state index contributed by atoms with van der Waals surface area (Å²) in [6.07, 6.45) is 1.55. The highest BCUT2D eigenvalue weighted by Crippen LogP contribution is 2.25. The highest BCUT2D eigenvalue weighted by atomic mass is 32.1. The number of nitrogens with one attached hydrogen (secondary N) is 1. The molecule has 0 aliphatic heterocycles. The minimum Gasteiger partial charge on any atom is -0.497 e. The molecule has 6 heteroatoms. The van der Waals surface area contributed by atoms with Crippen LogP contribution < -0.4 is 15.8 Å². The van der Waals surface area contributed by atoms with E-state index in [1.807, 2.05) is 6.92 Å². The summed E-state index contributed by atoms with van der Waals surface area (Å²) in [5.41, 5.74) is 6.85. The number of rotatable bonds is 3. The maximum atomic E-state index is 11.9. The molecule has 0 unspecified atom stereocenters. The number of hydrogen-bond acceptors (Lipinski definition) is 5. The van der Waals surface area contributed by atoms with Gasteiger partial charge in [-0.05, 0) is 19.1 Å². The van der Waals surface area contributed by atoms with Crippen LogP contribution in [-0.2, 0) is 0 Å². The summed E-state index contributed by atoms with van der Waals surface area (Å²) in [6, 6.07) is 5.11. The van der Waals surface area contributed by atoms with Gasteiger partial charge in [-0.1, -0.05) is 0 Å². The Hall–Kier alpha value is -2.08. The molecule has 1 heterocycles. The zero-order chi connectivity index (χ0) is 13.1. The van der Waals surface area contributed by atoms with Crippen LogP contribution in [0.3, 0.4) is 0 Å². The number of ether oxygens (including phenoxy) is 1. The van der Waals surface area contributed by atoms with E-state index in [0.29, 0.717) is 22.0 Å². The first-order chi connectivity index (χ1) is 8.60. The average molecular weight is 263 g/mol. The van der Waals surface area contributed by atoms with Gasteiger partial charge in [-0.2, -0.15) is 0 Å². The largest absolute Gasteiger partial charge is 0.497 e. The summed E-state index contributed by atoms with van der Waals surface area (Å²) in [5.74, 6) is 0.441. The van der Waals surface area contributed by atoms with Crippen LogP contribution >= 0.6 is 11.3 Å². The molecule has 3 N–H and O–H groups in total. The van der Waals surface area contributed by atoms with E-state index in [2.05, 4.69) is 10.3 Å². The predicted octanol–water partition coefficient (Wildman–Crippen LogP) is 2.29. The Morgan fingerprint density at radius 3 is 2.83 bits per heavy atom. The highest BCUT2D eigenvalue weighted by Gasteiger charge is 2.11. The molecule has 94 valence electrons. The topological polar surface area (TPSA) is 77.2 Å². The number of thiazole rings is 1. The molecular weight excluding hydrogens is 250 g/mol. The van der Waals surface area contributed by atoms with Crippen molar-refractivity contribution in [3.63, 3.8) is 0 Å². The van der Waals surface area contributed by atoms with Crippen LogP contribution in [0.2, 0.25) is 0 Å². The molecule has 0 atom stereocenters. The number of carbonyl (C=O) groups excluding carboxylic acids is 1. The van der Waals surface area contributed by atoms with Gasteiger partial charge in [0.25, 0.3) is 5.91 Å². The number of nitrogen functional groups attached to an aromatic ring is 1. The zero-order valence-electron chi connectivity index (χ0n) is 10.1. The Morgan fingerprint density at radius 1 is 1.50 bits per heavy atom. The molecule has 0 fully saturated rings. The molecule has 1 amide bonds. The van der Waals surface area contributed by atoms with Crippen LogP contribution in [0.25, 0.3) is 0 Å². The van der Waals surface area contributed by atoms with Crippen molar-refractivity contribution in [2.24, 2.45) is 0 Å². The zero-order valence-corrected chi connectivity index (χ0v) is 10.9. The lowest BCUT2D eigenvalue weighted by Gasteiger charge is -2.08. The van der Waals surface area contributed by atoms with E-state index in [9.17, 15) is 4.79 Å². The third kappa shape index (κ3) is 2.60. The van der Waals surface area contributed by atoms with Crippen LogP contribution in [0.15, 0.2) is 24.4 Å². The second-order valence-electron chi connectivity index (χ2n) is 3.65. The first kappa shape index (κ1) is 12.4. The first-order valence-corrected chi connectivity index (χ1v) is 6.09. The summed E-state index contributed by atoms with van der Waals surface area (Å²) in [4.78, 5) is 16.5. The molecule has 0 spiro atoms. The highest BCUT2D eigenvalue weighted by molar-refractivity contribution is 7.13. The molecule has 0 aliphatic carbocycles. The van der Waals surface area contributed by atoms with E-state index in [4.69, 9.17) is 10.5 Å². The number of amides is 1. The number of methoxy groups -OCH3 is 1. The third-order valence-corrected chi connectivity index (χ3v) is 3.26. The number of hydrogen-bond donors (Lipinski definition) is 2. The van der Waals surface area contributed by atoms with Crippen LogP contribution in [-0.4, -0.2) is 18.0 Å². The van der Waals surface area contributed by atoms with Crippen LogP contribution in [0.1, 0.15) is 14.7 Å². The molecule has 0 radical (unpaired) electrons. The Morgan fingerprint density at radius 2 is 2.28 bits per heavy atom. The predicted molar refractivity (Wildman–Crippen MR) is 72.2 cm³/mol. The summed E-state index contributed by atoms with van der Waals surface area (Å²) in [5, 5.41) is 3.59. The lowest BCUT2D eigenvalue weighted by Crippen LogP contribution is -2.11. The van der Waals surface area contributed by atoms with Gasteiger partial charge in [-0.3, -0.25) is 4.79 Å². The van der Waals surface area contributed by atoms with Crippen molar-refractivity contribution >= 4 is 28.6 Å². The van der Waals surface area contributed by atoms with E-state index >= 15 is 0 Å². The summed E-state index contributed by atoms with van der Waals surface area (Å²) < 4.78 is 5.04. The van der Waals surface area contributed by atoms with Gasteiger partial charge in [0.15, 0.2) is 0 Å². The number of anilines is 2. The van der Waals surface area contributed by atoms with Gasteiger partial charge in [-0.15, -0.1) is 11.3 Å². The van der Waals surface area contributed by atoms with Crippen LogP contribution in [0, 0.1) is 6.92 Å². The van der Waals surface area contributed by atoms with Crippen molar-refractivity contribution in [2.45, 2.75) is 6.92 Å². The molecule has 2 aromatic rings. The van der Waals surface area contributed by atoms with Crippen molar-refractivity contribution in [1.82, 2.24) is 4.98 Å². The quantitative estimate of drug-likeness (QED) is 0.833. The van der Waals surface area contributed by atoms with Gasteiger partial charge in [0, 0.05) is 6.07 Å². The standard InChI is InChI=1S/C12H13N3O2S/c1-7-14-6-11(18-7)12(16)15-10-4-3-8(17-2)5-9(10)13/h3-6H,13H2,1-2H3,(H,15,16). The third-order valence-electron chi connectivity index (χ3n) is 2.35. The second kappa shape index (κ2) is 5.05. The number of aromatic nitrogens is 1. The van der Waals surface area contributed by atoms with Crippen molar-refractivity contribution in [2.75, 3.05) is 18.2 Å². The Labute approximate surface area is 109 Å². The molecule has 2 rings (SSSR count). The van der Waals surface area contributed by atoms with Crippen LogP contribution in [0.5, 0.6) is 5.75 Å². The maximum absolute atomic E-state index is 11.9. The fourth-order valence-corrected chi connectivity index (χ4v) is 2.10. The number of carbonyl (C=O) groups is 1. The number of nitrogens with two attached hydrogens (primary N) is 1. The van der Waals surface area contributed by atoms with Crippen molar-refractivity contribution in [3.8, 4) is 5.75 Å². The Bertz CT molecular complexity index is 580. The number of nitrogens with zero attached hydrogens (tertiary/aromatic N) is 1. The Kier molecular flexibility index (Phi) is 3.47. The summed E-state index contributed by atoms with van der Waals surface area (Å²) >= 11 is 1.34. The fourth-order valence-electron chi connectivity index (χ4n) is 1.43. The second-order valence-corrected chi connectivity index (χ2v) is 4.89. The monoisotopic (exact) mass is 263 g/mol. The molecular formula is C12H13N3O2S. The Balaban J connectivity index is 2.16. The minimum absolute atomic E-state index is 0.211. The molecule has 18 heavy (non-hydrogen) atoms. The lowest BCUT2D eigenvalue weighted by molar-refractivity contribution is 0.103. The smallest absolute Gasteiger partial charge is 0.267 e. The molecule has 1 aromatic heterocycles. The van der Waals surface area contributed by atoms with Gasteiger partial charge in [0.2, 0.25) is 0 Å².